The average molecular weight is 380 g/mol. The van der Waals surface area contributed by atoms with Crippen molar-refractivity contribution in [1.29, 1.82) is 0 Å². The first kappa shape index (κ1) is 20.9. The number of benzene rings is 1. The fraction of sp³-hybridized carbons (Fsp3) is 0.474. The molecule has 2 aromatic rings. The molecule has 0 spiro atoms. The third-order valence-electron chi connectivity index (χ3n) is 4.52. The minimum Gasteiger partial charge on any atom is -0.497 e. The lowest BCUT2D eigenvalue weighted by Gasteiger charge is -2.36. The lowest BCUT2D eigenvalue weighted by Crippen LogP contribution is -2.37. The Morgan fingerprint density at radius 3 is 2.67 bits per heavy atom. The number of ether oxygens (including phenoxy) is 2. The smallest absolute Gasteiger partial charge is 0.300 e. The molecule has 0 unspecified atom stereocenters. The van der Waals surface area contributed by atoms with Crippen molar-refractivity contribution in [3.8, 4) is 17.1 Å². The van der Waals surface area contributed by atoms with Crippen molar-refractivity contribution >= 4 is 5.97 Å². The normalized spacial score (nSPS) is 15.6. The number of hydrogen-bond acceptors (Lipinski definition) is 5. The molecule has 0 amide bonds. The lowest BCUT2D eigenvalue weighted by atomic mass is 9.81. The van der Waals surface area contributed by atoms with Crippen LogP contribution in [0.2, 0.25) is 0 Å². The first-order valence-electron chi connectivity index (χ1n) is 8.64. The summed E-state index contributed by atoms with van der Waals surface area (Å²) in [5.74, 6) is -0.0529. The molecule has 27 heavy (non-hydrogen) atoms. The van der Waals surface area contributed by atoms with Crippen LogP contribution in [-0.4, -0.2) is 52.7 Å². The second kappa shape index (κ2) is 9.48. The number of aromatic nitrogens is 2. The van der Waals surface area contributed by atoms with Crippen LogP contribution in [0.25, 0.3) is 11.4 Å². The summed E-state index contributed by atoms with van der Waals surface area (Å²) < 4.78 is 26.7. The maximum atomic E-state index is 14.2. The van der Waals surface area contributed by atoms with Crippen LogP contribution in [0.1, 0.15) is 19.8 Å². The zero-order chi connectivity index (χ0) is 19.9. The molecule has 8 heteroatoms. The van der Waals surface area contributed by atoms with E-state index in [1.807, 2.05) is 10.8 Å². The minimum absolute atomic E-state index is 0.0779. The number of carboxylic acid groups (broad SMARTS) is 1. The molecule has 2 heterocycles. The monoisotopic (exact) mass is 380 g/mol. The van der Waals surface area contributed by atoms with E-state index >= 15 is 0 Å². The number of halogens is 1. The largest absolute Gasteiger partial charge is 0.497 e. The molecule has 1 aromatic heterocycles. The van der Waals surface area contributed by atoms with E-state index < -0.39 is 5.97 Å². The molecule has 0 aliphatic carbocycles. The van der Waals surface area contributed by atoms with Crippen molar-refractivity contribution in [2.45, 2.75) is 26.3 Å². The maximum Gasteiger partial charge on any atom is 0.300 e. The van der Waals surface area contributed by atoms with Crippen LogP contribution in [0.15, 0.2) is 30.6 Å². The highest BCUT2D eigenvalue weighted by Crippen LogP contribution is 2.34. The minimum atomic E-state index is -0.833. The molecule has 148 valence electrons. The molecule has 1 fully saturated rings. The number of rotatable bonds is 5. The van der Waals surface area contributed by atoms with Gasteiger partial charge in [-0.1, -0.05) is 0 Å². The summed E-state index contributed by atoms with van der Waals surface area (Å²) in [6.45, 7) is 3.02. The molecule has 1 aromatic carbocycles. The number of imidazole rings is 1. The summed E-state index contributed by atoms with van der Waals surface area (Å²) in [7, 11) is 1.55. The molecule has 0 saturated carbocycles. The molecular weight excluding hydrogens is 355 g/mol. The highest BCUT2D eigenvalue weighted by Gasteiger charge is 2.33. The van der Waals surface area contributed by atoms with Gasteiger partial charge in [0.1, 0.15) is 17.4 Å². The molecular formula is C19H25FN2O5. The highest BCUT2D eigenvalue weighted by atomic mass is 19.1. The number of aliphatic carboxylic acids is 1. The Labute approximate surface area is 157 Å². The Kier molecular flexibility index (Phi) is 7.32. The predicted molar refractivity (Wildman–Crippen MR) is 97.1 cm³/mol. The van der Waals surface area contributed by atoms with Crippen LogP contribution in [0.5, 0.6) is 5.75 Å². The van der Waals surface area contributed by atoms with Gasteiger partial charge in [0, 0.05) is 44.5 Å². The third kappa shape index (κ3) is 5.51. The van der Waals surface area contributed by atoms with Crippen LogP contribution in [0.3, 0.4) is 0 Å². The van der Waals surface area contributed by atoms with E-state index in [-0.39, 0.29) is 17.8 Å². The van der Waals surface area contributed by atoms with E-state index in [1.165, 1.54) is 6.07 Å². The van der Waals surface area contributed by atoms with E-state index in [0.29, 0.717) is 36.9 Å². The van der Waals surface area contributed by atoms with Gasteiger partial charge in [0.25, 0.3) is 5.97 Å². The highest BCUT2D eigenvalue weighted by molar-refractivity contribution is 5.63. The second-order valence-electron chi connectivity index (χ2n) is 6.51. The first-order valence-corrected chi connectivity index (χ1v) is 8.64. The summed E-state index contributed by atoms with van der Waals surface area (Å²) >= 11 is 0. The molecule has 3 rings (SSSR count). The van der Waals surface area contributed by atoms with Crippen molar-refractivity contribution in [2.24, 2.45) is 5.41 Å². The van der Waals surface area contributed by atoms with Gasteiger partial charge in [0.05, 0.1) is 19.3 Å². The number of carboxylic acids is 1. The van der Waals surface area contributed by atoms with Crippen molar-refractivity contribution in [3.05, 3.63) is 36.4 Å². The van der Waals surface area contributed by atoms with Crippen LogP contribution in [0.4, 0.5) is 4.39 Å². The summed E-state index contributed by atoms with van der Waals surface area (Å²) in [5.41, 5.74) is 0.151. The van der Waals surface area contributed by atoms with E-state index in [2.05, 4.69) is 4.98 Å². The van der Waals surface area contributed by atoms with Gasteiger partial charge < -0.3 is 24.3 Å². The van der Waals surface area contributed by atoms with Crippen LogP contribution < -0.4 is 4.74 Å². The molecule has 0 radical (unpaired) electrons. The van der Waals surface area contributed by atoms with Gasteiger partial charge in [-0.25, -0.2) is 9.37 Å². The summed E-state index contributed by atoms with van der Waals surface area (Å²) in [6.07, 6.45) is 5.03. The van der Waals surface area contributed by atoms with Gasteiger partial charge >= 0.3 is 0 Å². The number of nitrogens with zero attached hydrogens (tertiary/aromatic N) is 2. The number of aliphatic hydroxyl groups is 1. The average Bonchev–Trinajstić information content (AvgIpc) is 3.10. The fourth-order valence-electron chi connectivity index (χ4n) is 3.02. The van der Waals surface area contributed by atoms with Crippen molar-refractivity contribution in [1.82, 2.24) is 9.55 Å². The maximum absolute atomic E-state index is 14.2. The quantitative estimate of drug-likeness (QED) is 0.828. The number of aliphatic hydroxyl groups excluding tert-OH is 1. The van der Waals surface area contributed by atoms with Crippen molar-refractivity contribution in [3.63, 3.8) is 0 Å². The third-order valence-corrected chi connectivity index (χ3v) is 4.52. The molecule has 7 nitrogen and oxygen atoms in total. The Morgan fingerprint density at radius 1 is 1.41 bits per heavy atom. The SMILES string of the molecule is CC(=O)O.COc1ccc(F)c(-c2nccn2CC2(CO)CCOCC2)c1. The first-order chi connectivity index (χ1) is 12.9. The van der Waals surface area contributed by atoms with E-state index in [4.69, 9.17) is 19.4 Å². The van der Waals surface area contributed by atoms with Crippen molar-refractivity contribution < 1.29 is 28.9 Å². The lowest BCUT2D eigenvalue weighted by molar-refractivity contribution is -0.134. The van der Waals surface area contributed by atoms with Gasteiger partial charge in [-0.3, -0.25) is 4.79 Å². The van der Waals surface area contributed by atoms with Gasteiger partial charge in [-0.2, -0.15) is 0 Å². The van der Waals surface area contributed by atoms with Crippen LogP contribution in [0, 0.1) is 11.2 Å². The number of carbonyl (C=O) groups is 1. The number of hydrogen-bond donors (Lipinski definition) is 2. The molecule has 0 bridgehead atoms. The fourth-order valence-corrected chi connectivity index (χ4v) is 3.02. The molecule has 1 aliphatic rings. The number of methoxy groups -OCH3 is 1. The Balaban J connectivity index is 0.000000596. The summed E-state index contributed by atoms with van der Waals surface area (Å²) in [4.78, 5) is 13.3. The van der Waals surface area contributed by atoms with Crippen molar-refractivity contribution in [2.75, 3.05) is 26.9 Å². The molecule has 2 N–H and O–H groups in total. The van der Waals surface area contributed by atoms with Gasteiger partial charge in [0.15, 0.2) is 0 Å². The summed E-state index contributed by atoms with van der Waals surface area (Å²) in [5, 5.41) is 17.3. The van der Waals surface area contributed by atoms with E-state index in [1.54, 1.807) is 25.4 Å². The van der Waals surface area contributed by atoms with Crippen LogP contribution >= 0.6 is 0 Å². The van der Waals surface area contributed by atoms with Crippen LogP contribution in [-0.2, 0) is 16.1 Å². The zero-order valence-electron chi connectivity index (χ0n) is 15.5. The summed E-state index contributed by atoms with van der Waals surface area (Å²) in [6, 6.07) is 4.60. The topological polar surface area (TPSA) is 93.8 Å². The van der Waals surface area contributed by atoms with E-state index in [0.717, 1.165) is 19.8 Å². The van der Waals surface area contributed by atoms with E-state index in [9.17, 15) is 9.50 Å². The standard InChI is InChI=1S/C17H21FN2O3.C2H4O2/c1-22-13-2-3-15(18)14(10-13)16-19-6-7-20(16)11-17(12-21)4-8-23-9-5-17;1-2(3)4/h2-3,6-7,10,21H,4-5,8-9,11-12H2,1H3;1H3,(H,3,4). The predicted octanol–water partition coefficient (Wildman–Crippen LogP) is 2.58. The second-order valence-corrected chi connectivity index (χ2v) is 6.51. The molecule has 1 saturated heterocycles. The zero-order valence-corrected chi connectivity index (χ0v) is 15.5. The van der Waals surface area contributed by atoms with Gasteiger partial charge in [0.2, 0.25) is 0 Å². The Hall–Kier alpha value is -2.45. The Morgan fingerprint density at radius 2 is 2.07 bits per heavy atom. The van der Waals surface area contributed by atoms with Gasteiger partial charge in [-0.15, -0.1) is 0 Å². The Bertz CT molecular complexity index is 752. The van der Waals surface area contributed by atoms with Gasteiger partial charge in [-0.05, 0) is 31.0 Å². The molecule has 0 atom stereocenters. The molecule has 1 aliphatic heterocycles.